The molecule has 0 aromatic heterocycles. The van der Waals surface area contributed by atoms with Gasteiger partial charge in [0.2, 0.25) is 0 Å². The summed E-state index contributed by atoms with van der Waals surface area (Å²) < 4.78 is 11.0. The van der Waals surface area contributed by atoms with E-state index in [1.54, 1.807) is 14.2 Å². The molecule has 1 aromatic carbocycles. The summed E-state index contributed by atoms with van der Waals surface area (Å²) in [5.74, 6) is 4.42. The number of hydrogen-bond acceptors (Lipinski definition) is 5. The van der Waals surface area contributed by atoms with E-state index in [4.69, 9.17) is 9.47 Å². The molecule has 0 spiro atoms. The molecule has 4 rings (SSSR count). The smallest absolute Gasteiger partial charge is 0.161 e. The number of benzene rings is 1. The molecular formula is C21H32N2O2S. The molecule has 26 heavy (non-hydrogen) atoms. The van der Waals surface area contributed by atoms with Crippen LogP contribution in [0.4, 0.5) is 0 Å². The van der Waals surface area contributed by atoms with E-state index in [0.29, 0.717) is 6.04 Å². The average molecular weight is 377 g/mol. The maximum atomic E-state index is 5.53. The maximum Gasteiger partial charge on any atom is 0.161 e. The summed E-state index contributed by atoms with van der Waals surface area (Å²) in [7, 11) is 3.45. The minimum absolute atomic E-state index is 0.708. The van der Waals surface area contributed by atoms with Gasteiger partial charge < -0.3 is 9.47 Å². The number of methoxy groups -OCH3 is 2. The van der Waals surface area contributed by atoms with Crippen LogP contribution in [0.25, 0.3) is 0 Å². The van der Waals surface area contributed by atoms with Crippen LogP contribution in [0.3, 0.4) is 0 Å². The molecule has 0 amide bonds. The quantitative estimate of drug-likeness (QED) is 0.802. The van der Waals surface area contributed by atoms with Gasteiger partial charge in [0.15, 0.2) is 11.5 Å². The highest BCUT2D eigenvalue weighted by atomic mass is 32.2. The van der Waals surface area contributed by atoms with Crippen LogP contribution in [0.5, 0.6) is 11.5 Å². The van der Waals surface area contributed by atoms with Gasteiger partial charge in [-0.25, -0.2) is 0 Å². The Morgan fingerprint density at radius 2 is 1.62 bits per heavy atom. The highest BCUT2D eigenvalue weighted by Crippen LogP contribution is 2.34. The molecule has 0 bridgehead atoms. The van der Waals surface area contributed by atoms with Crippen molar-refractivity contribution in [2.24, 2.45) is 0 Å². The van der Waals surface area contributed by atoms with E-state index in [-0.39, 0.29) is 0 Å². The van der Waals surface area contributed by atoms with E-state index in [2.05, 4.69) is 33.7 Å². The maximum absolute atomic E-state index is 5.53. The van der Waals surface area contributed by atoms with Crippen molar-refractivity contribution in [2.45, 2.75) is 50.7 Å². The van der Waals surface area contributed by atoms with Gasteiger partial charge in [0.25, 0.3) is 0 Å². The van der Waals surface area contributed by atoms with Crippen LogP contribution in [0, 0.1) is 0 Å². The standard InChI is InChI=1S/C21H32N2O2S/c1-24-20-12-16-5-9-23(14-17(16)13-21(20)25-2)19-4-3-8-22(15-19)18-6-10-26-11-7-18/h12-13,18-19H,3-11,14-15H2,1-2H3. The number of rotatable bonds is 4. The molecule has 3 aliphatic rings. The second-order valence-corrected chi connectivity index (χ2v) is 9.06. The normalized spacial score (nSPS) is 25.7. The van der Waals surface area contributed by atoms with Gasteiger partial charge in [0.05, 0.1) is 14.2 Å². The summed E-state index contributed by atoms with van der Waals surface area (Å²) in [6.07, 6.45) is 6.59. The zero-order valence-corrected chi connectivity index (χ0v) is 17.0. The van der Waals surface area contributed by atoms with Gasteiger partial charge in [-0.3, -0.25) is 9.80 Å². The Bertz CT molecular complexity index is 618. The van der Waals surface area contributed by atoms with Crippen LogP contribution in [0.1, 0.15) is 36.8 Å². The van der Waals surface area contributed by atoms with Crippen molar-refractivity contribution in [1.29, 1.82) is 0 Å². The molecule has 144 valence electrons. The van der Waals surface area contributed by atoms with E-state index in [1.807, 2.05) is 0 Å². The lowest BCUT2D eigenvalue weighted by Gasteiger charge is -2.44. The van der Waals surface area contributed by atoms with E-state index < -0.39 is 0 Å². The zero-order valence-electron chi connectivity index (χ0n) is 16.2. The van der Waals surface area contributed by atoms with E-state index in [9.17, 15) is 0 Å². The van der Waals surface area contributed by atoms with Crippen molar-refractivity contribution < 1.29 is 9.47 Å². The van der Waals surface area contributed by atoms with Crippen molar-refractivity contribution in [1.82, 2.24) is 9.80 Å². The molecule has 4 nitrogen and oxygen atoms in total. The number of ether oxygens (including phenoxy) is 2. The molecule has 0 saturated carbocycles. The van der Waals surface area contributed by atoms with Crippen molar-refractivity contribution >= 4 is 11.8 Å². The molecule has 0 aliphatic carbocycles. The topological polar surface area (TPSA) is 24.9 Å². The third-order valence-electron chi connectivity index (χ3n) is 6.40. The summed E-state index contributed by atoms with van der Waals surface area (Å²) in [5, 5.41) is 0. The van der Waals surface area contributed by atoms with Crippen molar-refractivity contribution in [3.63, 3.8) is 0 Å². The van der Waals surface area contributed by atoms with Gasteiger partial charge in [-0.15, -0.1) is 0 Å². The van der Waals surface area contributed by atoms with Gasteiger partial charge in [-0.2, -0.15) is 11.8 Å². The molecule has 3 aliphatic heterocycles. The lowest BCUT2D eigenvalue weighted by molar-refractivity contribution is 0.0604. The largest absolute Gasteiger partial charge is 0.493 e. The van der Waals surface area contributed by atoms with Crippen molar-refractivity contribution in [3.8, 4) is 11.5 Å². The van der Waals surface area contributed by atoms with Crippen molar-refractivity contribution in [2.75, 3.05) is 45.4 Å². The SMILES string of the molecule is COc1cc2c(cc1OC)CN(C1CCCN(C3CCSCC3)C1)CC2. The predicted molar refractivity (Wildman–Crippen MR) is 109 cm³/mol. The van der Waals surface area contributed by atoms with Gasteiger partial charge in [-0.05, 0) is 73.4 Å². The second-order valence-electron chi connectivity index (χ2n) is 7.83. The fraction of sp³-hybridized carbons (Fsp3) is 0.714. The van der Waals surface area contributed by atoms with Gasteiger partial charge >= 0.3 is 0 Å². The highest BCUT2D eigenvalue weighted by molar-refractivity contribution is 7.99. The lowest BCUT2D eigenvalue weighted by Crippen LogP contribution is -2.52. The molecule has 1 aromatic rings. The van der Waals surface area contributed by atoms with Crippen LogP contribution in [0.2, 0.25) is 0 Å². The highest BCUT2D eigenvalue weighted by Gasteiger charge is 2.31. The fourth-order valence-corrected chi connectivity index (χ4v) is 5.96. The predicted octanol–water partition coefficient (Wildman–Crippen LogP) is 3.42. The second kappa shape index (κ2) is 8.41. The Kier molecular flexibility index (Phi) is 5.97. The lowest BCUT2D eigenvalue weighted by atomic mass is 9.94. The minimum atomic E-state index is 0.708. The van der Waals surface area contributed by atoms with Gasteiger partial charge in [-0.1, -0.05) is 0 Å². The third-order valence-corrected chi connectivity index (χ3v) is 7.45. The summed E-state index contributed by atoms with van der Waals surface area (Å²) in [5.41, 5.74) is 2.84. The molecule has 5 heteroatoms. The summed E-state index contributed by atoms with van der Waals surface area (Å²) >= 11 is 2.13. The Hall–Kier alpha value is -0.910. The molecule has 2 fully saturated rings. The molecule has 2 saturated heterocycles. The molecule has 0 N–H and O–H groups in total. The first-order chi connectivity index (χ1) is 12.8. The van der Waals surface area contributed by atoms with Crippen LogP contribution < -0.4 is 9.47 Å². The van der Waals surface area contributed by atoms with Crippen LogP contribution in [-0.4, -0.2) is 67.2 Å². The van der Waals surface area contributed by atoms with Gasteiger partial charge in [0.1, 0.15) is 0 Å². The van der Waals surface area contributed by atoms with E-state index >= 15 is 0 Å². The zero-order chi connectivity index (χ0) is 17.9. The first-order valence-corrected chi connectivity index (χ1v) is 11.2. The summed E-state index contributed by atoms with van der Waals surface area (Å²) in [4.78, 5) is 5.52. The number of fused-ring (bicyclic) bond motifs is 1. The Labute approximate surface area is 162 Å². The van der Waals surface area contributed by atoms with Gasteiger partial charge in [0, 0.05) is 31.7 Å². The number of piperidine rings is 1. The van der Waals surface area contributed by atoms with E-state index in [0.717, 1.165) is 30.5 Å². The monoisotopic (exact) mass is 376 g/mol. The fourth-order valence-electron chi connectivity index (χ4n) is 4.88. The average Bonchev–Trinajstić information content (AvgIpc) is 2.73. The molecule has 1 unspecified atom stereocenters. The molecule has 1 atom stereocenters. The first kappa shape index (κ1) is 18.5. The first-order valence-electron chi connectivity index (χ1n) is 10.1. The Morgan fingerprint density at radius 3 is 2.35 bits per heavy atom. The summed E-state index contributed by atoms with van der Waals surface area (Å²) in [6, 6.07) is 5.91. The Balaban J connectivity index is 1.44. The molecule has 0 radical (unpaired) electrons. The van der Waals surface area contributed by atoms with Crippen LogP contribution >= 0.6 is 11.8 Å². The molecule has 3 heterocycles. The number of nitrogens with zero attached hydrogens (tertiary/aromatic N) is 2. The number of thioether (sulfide) groups is 1. The third kappa shape index (κ3) is 3.85. The van der Waals surface area contributed by atoms with E-state index in [1.165, 1.54) is 68.0 Å². The summed E-state index contributed by atoms with van der Waals surface area (Å²) in [6.45, 7) is 4.79. The van der Waals surface area contributed by atoms with Crippen molar-refractivity contribution in [3.05, 3.63) is 23.3 Å². The minimum Gasteiger partial charge on any atom is -0.493 e. The van der Waals surface area contributed by atoms with Crippen LogP contribution in [-0.2, 0) is 13.0 Å². The Morgan fingerprint density at radius 1 is 0.885 bits per heavy atom. The number of hydrogen-bond donors (Lipinski definition) is 0. The number of likely N-dealkylation sites (tertiary alicyclic amines) is 1. The van der Waals surface area contributed by atoms with Crippen LogP contribution in [0.15, 0.2) is 12.1 Å². The molecular weight excluding hydrogens is 344 g/mol.